The van der Waals surface area contributed by atoms with Gasteiger partial charge < -0.3 is 9.13 Å². The van der Waals surface area contributed by atoms with E-state index in [0.29, 0.717) is 0 Å². The van der Waals surface area contributed by atoms with Crippen molar-refractivity contribution in [2.75, 3.05) is 26.2 Å². The summed E-state index contributed by atoms with van der Waals surface area (Å²) >= 11 is 0. The molecule has 0 aromatic heterocycles. The molecule has 0 aliphatic carbocycles. The van der Waals surface area contributed by atoms with Crippen LogP contribution in [0.1, 0.15) is 51.4 Å². The van der Waals surface area contributed by atoms with Crippen molar-refractivity contribution >= 4 is 13.6 Å². The SMILES string of the molecule is C[Si](c1ccccc1)(N1CCCCCC1)N1CCCCCC1. The molecule has 3 heteroatoms. The fraction of sp³-hybridized carbons (Fsp3) is 0.684. The predicted octanol–water partition coefficient (Wildman–Crippen LogP) is 3.72. The highest BCUT2D eigenvalue weighted by molar-refractivity contribution is 6.86. The Labute approximate surface area is 137 Å². The van der Waals surface area contributed by atoms with Crippen LogP contribution < -0.4 is 5.19 Å². The smallest absolute Gasteiger partial charge is 0.236 e. The largest absolute Gasteiger partial charge is 0.308 e. The Kier molecular flexibility index (Phi) is 5.72. The fourth-order valence-electron chi connectivity index (χ4n) is 4.33. The molecule has 3 rings (SSSR count). The molecule has 0 bridgehead atoms. The summed E-state index contributed by atoms with van der Waals surface area (Å²) in [4.78, 5) is 0. The summed E-state index contributed by atoms with van der Waals surface area (Å²) in [6.45, 7) is 7.88. The van der Waals surface area contributed by atoms with E-state index >= 15 is 0 Å². The Morgan fingerprint density at radius 3 is 1.45 bits per heavy atom. The first-order valence-electron chi connectivity index (χ1n) is 9.37. The third-order valence-electron chi connectivity index (χ3n) is 5.76. The van der Waals surface area contributed by atoms with Gasteiger partial charge in [0.25, 0.3) is 0 Å². The van der Waals surface area contributed by atoms with Crippen molar-refractivity contribution in [1.29, 1.82) is 0 Å². The van der Waals surface area contributed by atoms with E-state index in [0.717, 1.165) is 0 Å². The Morgan fingerprint density at radius 1 is 0.636 bits per heavy atom. The van der Waals surface area contributed by atoms with Crippen molar-refractivity contribution in [3.63, 3.8) is 0 Å². The van der Waals surface area contributed by atoms with Gasteiger partial charge >= 0.3 is 0 Å². The van der Waals surface area contributed by atoms with Crippen LogP contribution in [-0.4, -0.2) is 43.7 Å². The van der Waals surface area contributed by atoms with Gasteiger partial charge in [-0.05, 0) is 63.6 Å². The normalized spacial score (nSPS) is 23.0. The summed E-state index contributed by atoms with van der Waals surface area (Å²) in [5, 5.41) is 1.62. The quantitative estimate of drug-likeness (QED) is 0.784. The van der Waals surface area contributed by atoms with Crippen molar-refractivity contribution in [2.24, 2.45) is 0 Å². The van der Waals surface area contributed by atoms with Crippen LogP contribution in [0.2, 0.25) is 6.55 Å². The molecular weight excluding hydrogens is 284 g/mol. The van der Waals surface area contributed by atoms with Gasteiger partial charge in [0.15, 0.2) is 0 Å². The molecule has 0 radical (unpaired) electrons. The third-order valence-corrected chi connectivity index (χ3v) is 10.5. The molecule has 2 aliphatic rings. The lowest BCUT2D eigenvalue weighted by atomic mass is 10.2. The van der Waals surface area contributed by atoms with E-state index < -0.39 is 8.40 Å². The van der Waals surface area contributed by atoms with Crippen LogP contribution in [0.4, 0.5) is 0 Å². The molecule has 1 aromatic rings. The van der Waals surface area contributed by atoms with E-state index in [1.165, 1.54) is 77.5 Å². The number of hydrogen-bond donors (Lipinski definition) is 0. The first kappa shape index (κ1) is 16.2. The van der Waals surface area contributed by atoms with E-state index in [1.807, 2.05) is 0 Å². The van der Waals surface area contributed by atoms with Gasteiger partial charge in [-0.15, -0.1) is 0 Å². The van der Waals surface area contributed by atoms with Gasteiger partial charge in [0.2, 0.25) is 8.40 Å². The van der Waals surface area contributed by atoms with E-state index in [2.05, 4.69) is 46.0 Å². The molecule has 0 saturated carbocycles. The van der Waals surface area contributed by atoms with Crippen molar-refractivity contribution < 1.29 is 0 Å². The van der Waals surface area contributed by atoms with Crippen molar-refractivity contribution in [3.8, 4) is 0 Å². The lowest BCUT2D eigenvalue weighted by Crippen LogP contribution is -2.71. The van der Waals surface area contributed by atoms with Crippen LogP contribution in [0.25, 0.3) is 0 Å². The van der Waals surface area contributed by atoms with Crippen LogP contribution in [0.3, 0.4) is 0 Å². The highest BCUT2D eigenvalue weighted by atomic mass is 28.3. The number of rotatable bonds is 3. The van der Waals surface area contributed by atoms with Crippen LogP contribution in [0.15, 0.2) is 30.3 Å². The monoisotopic (exact) mass is 316 g/mol. The molecular formula is C19H32N2Si. The Balaban J connectivity index is 1.92. The number of nitrogens with zero attached hydrogens (tertiary/aromatic N) is 2. The van der Waals surface area contributed by atoms with Gasteiger partial charge in [-0.25, -0.2) is 0 Å². The van der Waals surface area contributed by atoms with E-state index in [9.17, 15) is 0 Å². The van der Waals surface area contributed by atoms with Gasteiger partial charge in [-0.1, -0.05) is 56.0 Å². The van der Waals surface area contributed by atoms with Crippen LogP contribution >= 0.6 is 0 Å². The first-order chi connectivity index (χ1) is 10.8. The maximum atomic E-state index is 2.92. The summed E-state index contributed by atoms with van der Waals surface area (Å²) in [6.07, 6.45) is 11.3. The standard InChI is InChI=1S/C19H32N2Si/c1-22(19-13-7-6-8-14-19,20-15-9-2-3-10-16-20)21-17-11-4-5-12-18-21/h6-8,13-14H,2-5,9-12,15-18H2,1H3. The Bertz CT molecular complexity index is 412. The van der Waals surface area contributed by atoms with E-state index in [1.54, 1.807) is 5.19 Å². The highest BCUT2D eigenvalue weighted by Crippen LogP contribution is 2.24. The number of benzene rings is 1. The highest BCUT2D eigenvalue weighted by Gasteiger charge is 2.42. The third kappa shape index (κ3) is 3.47. The summed E-state index contributed by atoms with van der Waals surface area (Å²) in [5.74, 6) is 0. The molecule has 2 nitrogen and oxygen atoms in total. The average molecular weight is 317 g/mol. The molecule has 22 heavy (non-hydrogen) atoms. The summed E-state index contributed by atoms with van der Waals surface area (Å²) in [7, 11) is -1.72. The van der Waals surface area contributed by atoms with Crippen LogP contribution in [-0.2, 0) is 0 Å². The minimum Gasteiger partial charge on any atom is -0.308 e. The zero-order chi connectivity index (χ0) is 15.3. The minimum atomic E-state index is -1.72. The topological polar surface area (TPSA) is 6.48 Å². The molecule has 0 unspecified atom stereocenters. The summed E-state index contributed by atoms with van der Waals surface area (Å²) in [6, 6.07) is 11.5. The zero-order valence-corrected chi connectivity index (χ0v) is 15.3. The minimum absolute atomic E-state index is 1.31. The maximum Gasteiger partial charge on any atom is 0.236 e. The average Bonchev–Trinajstić information content (AvgIpc) is 3.00. The Hall–Kier alpha value is -0.643. The molecule has 2 fully saturated rings. The Morgan fingerprint density at radius 2 is 1.05 bits per heavy atom. The van der Waals surface area contributed by atoms with Crippen molar-refractivity contribution in [1.82, 2.24) is 9.13 Å². The maximum absolute atomic E-state index is 2.92. The molecule has 1 aromatic carbocycles. The molecule has 0 spiro atoms. The lowest BCUT2D eigenvalue weighted by Gasteiger charge is -2.47. The fourth-order valence-corrected chi connectivity index (χ4v) is 8.66. The van der Waals surface area contributed by atoms with Crippen molar-refractivity contribution in [3.05, 3.63) is 30.3 Å². The van der Waals surface area contributed by atoms with Gasteiger partial charge in [-0.2, -0.15) is 0 Å². The summed E-state index contributed by atoms with van der Waals surface area (Å²) < 4.78 is 5.83. The summed E-state index contributed by atoms with van der Waals surface area (Å²) in [5.41, 5.74) is 0. The molecule has 2 saturated heterocycles. The van der Waals surface area contributed by atoms with Crippen molar-refractivity contribution in [2.45, 2.75) is 57.9 Å². The first-order valence-corrected chi connectivity index (χ1v) is 11.8. The predicted molar refractivity (Wildman–Crippen MR) is 97.8 cm³/mol. The van der Waals surface area contributed by atoms with E-state index in [-0.39, 0.29) is 0 Å². The molecule has 2 aliphatic heterocycles. The van der Waals surface area contributed by atoms with Gasteiger partial charge in [0.05, 0.1) is 0 Å². The van der Waals surface area contributed by atoms with Crippen LogP contribution in [0, 0.1) is 0 Å². The van der Waals surface area contributed by atoms with E-state index in [4.69, 9.17) is 0 Å². The van der Waals surface area contributed by atoms with Crippen LogP contribution in [0.5, 0.6) is 0 Å². The van der Waals surface area contributed by atoms with Gasteiger partial charge in [0.1, 0.15) is 0 Å². The van der Waals surface area contributed by atoms with Gasteiger partial charge in [0, 0.05) is 0 Å². The molecule has 2 heterocycles. The van der Waals surface area contributed by atoms with Gasteiger partial charge in [-0.3, -0.25) is 0 Å². The second kappa shape index (κ2) is 7.76. The lowest BCUT2D eigenvalue weighted by molar-refractivity contribution is 0.343. The molecule has 0 atom stereocenters. The molecule has 122 valence electrons. The second-order valence-corrected chi connectivity index (χ2v) is 11.1. The molecule has 0 amide bonds. The zero-order valence-electron chi connectivity index (χ0n) is 14.3. The number of hydrogen-bond acceptors (Lipinski definition) is 2. The second-order valence-electron chi connectivity index (χ2n) is 7.19. The molecule has 0 N–H and O–H groups in total.